The van der Waals surface area contributed by atoms with Crippen LogP contribution in [-0.2, 0) is 0 Å². The summed E-state index contributed by atoms with van der Waals surface area (Å²) in [7, 11) is 0. The van der Waals surface area contributed by atoms with Crippen molar-refractivity contribution in [3.05, 3.63) is 27.2 Å². The van der Waals surface area contributed by atoms with Crippen molar-refractivity contribution in [2.45, 2.75) is 19.8 Å². The van der Waals surface area contributed by atoms with Crippen molar-refractivity contribution in [2.24, 2.45) is 0 Å². The van der Waals surface area contributed by atoms with Crippen LogP contribution in [0.1, 0.15) is 25.3 Å². The SMILES string of the molecule is CCCCOc1ccc(N)c(C=C(Br)Br)c1. The van der Waals surface area contributed by atoms with E-state index in [0.717, 1.165) is 39.8 Å². The van der Waals surface area contributed by atoms with Crippen LogP contribution in [0.15, 0.2) is 21.6 Å². The van der Waals surface area contributed by atoms with E-state index in [1.807, 2.05) is 24.3 Å². The Labute approximate surface area is 113 Å². The average molecular weight is 349 g/mol. The highest BCUT2D eigenvalue weighted by atomic mass is 79.9. The lowest BCUT2D eigenvalue weighted by Crippen LogP contribution is -1.97. The fraction of sp³-hybridized carbons (Fsp3) is 0.333. The number of nitrogen functional groups attached to an aromatic ring is 1. The molecule has 2 N–H and O–H groups in total. The van der Waals surface area contributed by atoms with Gasteiger partial charge < -0.3 is 10.5 Å². The van der Waals surface area contributed by atoms with Gasteiger partial charge in [-0.05, 0) is 62.6 Å². The molecule has 2 nitrogen and oxygen atoms in total. The lowest BCUT2D eigenvalue weighted by molar-refractivity contribution is 0.309. The fourth-order valence-corrected chi connectivity index (χ4v) is 1.71. The zero-order valence-electron chi connectivity index (χ0n) is 9.17. The molecule has 16 heavy (non-hydrogen) atoms. The Morgan fingerprint density at radius 1 is 1.44 bits per heavy atom. The summed E-state index contributed by atoms with van der Waals surface area (Å²) < 4.78 is 6.47. The quantitative estimate of drug-likeness (QED) is 0.626. The molecule has 1 aromatic carbocycles. The lowest BCUT2D eigenvalue weighted by Gasteiger charge is -2.07. The molecule has 0 atom stereocenters. The van der Waals surface area contributed by atoms with E-state index in [4.69, 9.17) is 10.5 Å². The van der Waals surface area contributed by atoms with Gasteiger partial charge in [-0.1, -0.05) is 13.3 Å². The fourth-order valence-electron chi connectivity index (χ4n) is 1.22. The van der Waals surface area contributed by atoms with Crippen LogP contribution in [0, 0.1) is 0 Å². The molecule has 0 aromatic heterocycles. The maximum absolute atomic E-state index is 5.85. The maximum atomic E-state index is 5.85. The van der Waals surface area contributed by atoms with Crippen molar-refractivity contribution in [1.29, 1.82) is 0 Å². The lowest BCUT2D eigenvalue weighted by atomic mass is 10.2. The Bertz CT molecular complexity index is 373. The van der Waals surface area contributed by atoms with Crippen molar-refractivity contribution >= 4 is 43.6 Å². The van der Waals surface area contributed by atoms with Crippen LogP contribution < -0.4 is 10.5 Å². The minimum atomic E-state index is 0.735. The van der Waals surface area contributed by atoms with E-state index < -0.39 is 0 Å². The Morgan fingerprint density at radius 3 is 2.81 bits per heavy atom. The highest BCUT2D eigenvalue weighted by Gasteiger charge is 2.00. The van der Waals surface area contributed by atoms with E-state index in [9.17, 15) is 0 Å². The standard InChI is InChI=1S/C12H15Br2NO/c1-2-3-6-16-10-4-5-11(15)9(7-10)8-12(13)14/h4-5,7-8H,2-3,6,15H2,1H3. The molecule has 0 amide bonds. The van der Waals surface area contributed by atoms with Crippen molar-refractivity contribution in [3.63, 3.8) is 0 Å². The third kappa shape index (κ3) is 4.58. The molecule has 0 radical (unpaired) electrons. The number of hydrogen-bond donors (Lipinski definition) is 1. The van der Waals surface area contributed by atoms with Gasteiger partial charge in [0.2, 0.25) is 0 Å². The number of benzene rings is 1. The summed E-state index contributed by atoms with van der Waals surface area (Å²) in [5.74, 6) is 0.857. The second kappa shape index (κ2) is 6.97. The number of unbranched alkanes of at least 4 members (excludes halogenated alkanes) is 1. The number of ether oxygens (including phenoxy) is 1. The van der Waals surface area contributed by atoms with Crippen LogP contribution in [0.4, 0.5) is 5.69 Å². The molecule has 0 saturated heterocycles. The number of halogens is 2. The first kappa shape index (κ1) is 13.6. The molecule has 0 bridgehead atoms. The molecule has 4 heteroatoms. The number of rotatable bonds is 5. The van der Waals surface area contributed by atoms with Crippen LogP contribution in [0.25, 0.3) is 6.08 Å². The minimum absolute atomic E-state index is 0.735. The summed E-state index contributed by atoms with van der Waals surface area (Å²) in [6, 6.07) is 5.69. The predicted molar refractivity (Wildman–Crippen MR) is 77.1 cm³/mol. The molecule has 0 aliphatic heterocycles. The molecular weight excluding hydrogens is 334 g/mol. The summed E-state index contributed by atoms with van der Waals surface area (Å²) in [4.78, 5) is 0. The molecule has 1 aromatic rings. The van der Waals surface area contributed by atoms with Gasteiger partial charge in [-0.3, -0.25) is 0 Å². The minimum Gasteiger partial charge on any atom is -0.494 e. The van der Waals surface area contributed by atoms with Gasteiger partial charge >= 0.3 is 0 Å². The van der Waals surface area contributed by atoms with Gasteiger partial charge in [0.25, 0.3) is 0 Å². The highest BCUT2D eigenvalue weighted by Crippen LogP contribution is 2.25. The van der Waals surface area contributed by atoms with Crippen LogP contribution in [0.5, 0.6) is 5.75 Å². The predicted octanol–water partition coefficient (Wildman–Crippen LogP) is 4.54. The van der Waals surface area contributed by atoms with E-state index in [1.54, 1.807) is 0 Å². The Balaban J connectivity index is 2.77. The van der Waals surface area contributed by atoms with E-state index in [2.05, 4.69) is 38.8 Å². The first-order valence-corrected chi connectivity index (χ1v) is 6.77. The summed E-state index contributed by atoms with van der Waals surface area (Å²) >= 11 is 6.63. The van der Waals surface area contributed by atoms with Crippen molar-refractivity contribution in [3.8, 4) is 5.75 Å². The molecule has 1 rings (SSSR count). The maximum Gasteiger partial charge on any atom is 0.120 e. The molecule has 0 unspecified atom stereocenters. The van der Waals surface area contributed by atoms with Crippen LogP contribution >= 0.6 is 31.9 Å². The molecule has 0 spiro atoms. The summed E-state index contributed by atoms with van der Waals surface area (Å²) in [5, 5.41) is 0. The zero-order valence-corrected chi connectivity index (χ0v) is 12.3. The Morgan fingerprint density at radius 2 is 2.19 bits per heavy atom. The van der Waals surface area contributed by atoms with Crippen LogP contribution in [0.3, 0.4) is 0 Å². The van der Waals surface area contributed by atoms with E-state index >= 15 is 0 Å². The zero-order chi connectivity index (χ0) is 12.0. The smallest absolute Gasteiger partial charge is 0.120 e. The topological polar surface area (TPSA) is 35.2 Å². The molecule has 0 aliphatic carbocycles. The van der Waals surface area contributed by atoms with E-state index in [1.165, 1.54) is 0 Å². The van der Waals surface area contributed by atoms with Gasteiger partial charge in [0, 0.05) is 11.3 Å². The number of anilines is 1. The molecular formula is C12H15Br2NO. The number of nitrogens with two attached hydrogens (primary N) is 1. The van der Waals surface area contributed by atoms with Gasteiger partial charge in [-0.2, -0.15) is 0 Å². The third-order valence-corrected chi connectivity index (χ3v) is 2.55. The van der Waals surface area contributed by atoms with Gasteiger partial charge in [0.15, 0.2) is 0 Å². The summed E-state index contributed by atoms with van der Waals surface area (Å²) in [6.07, 6.45) is 4.11. The van der Waals surface area contributed by atoms with Crippen LogP contribution in [-0.4, -0.2) is 6.61 Å². The highest BCUT2D eigenvalue weighted by molar-refractivity contribution is 9.28. The third-order valence-electron chi connectivity index (χ3n) is 2.09. The number of hydrogen-bond acceptors (Lipinski definition) is 2. The first-order chi connectivity index (χ1) is 7.63. The Kier molecular flexibility index (Phi) is 5.91. The van der Waals surface area contributed by atoms with Gasteiger partial charge in [0.05, 0.1) is 10.00 Å². The molecule has 0 saturated carbocycles. The Hall–Kier alpha value is -0.480. The van der Waals surface area contributed by atoms with Gasteiger partial charge in [-0.25, -0.2) is 0 Å². The average Bonchev–Trinajstić information content (AvgIpc) is 2.22. The van der Waals surface area contributed by atoms with Crippen molar-refractivity contribution in [2.75, 3.05) is 12.3 Å². The molecule has 0 heterocycles. The largest absolute Gasteiger partial charge is 0.494 e. The van der Waals surface area contributed by atoms with Crippen LogP contribution in [0.2, 0.25) is 0 Å². The van der Waals surface area contributed by atoms with E-state index in [-0.39, 0.29) is 0 Å². The summed E-state index contributed by atoms with van der Waals surface area (Å²) in [6.45, 7) is 2.89. The molecule has 0 fully saturated rings. The van der Waals surface area contributed by atoms with Gasteiger partial charge in [0.1, 0.15) is 5.75 Å². The monoisotopic (exact) mass is 347 g/mol. The molecule has 88 valence electrons. The first-order valence-electron chi connectivity index (χ1n) is 5.18. The second-order valence-electron chi connectivity index (χ2n) is 3.43. The van der Waals surface area contributed by atoms with E-state index in [0.29, 0.717) is 0 Å². The molecule has 0 aliphatic rings. The second-order valence-corrected chi connectivity index (χ2v) is 6.20. The van der Waals surface area contributed by atoms with Crippen molar-refractivity contribution < 1.29 is 4.74 Å². The van der Waals surface area contributed by atoms with Crippen molar-refractivity contribution in [1.82, 2.24) is 0 Å². The normalized spacial score (nSPS) is 9.94. The summed E-state index contributed by atoms with van der Waals surface area (Å²) in [5.41, 5.74) is 7.53. The van der Waals surface area contributed by atoms with Gasteiger partial charge in [-0.15, -0.1) is 0 Å².